The van der Waals surface area contributed by atoms with Crippen LogP contribution in [0.2, 0.25) is 0 Å². The van der Waals surface area contributed by atoms with Gasteiger partial charge in [-0.1, -0.05) is 24.3 Å². The van der Waals surface area contributed by atoms with Gasteiger partial charge in [-0.25, -0.2) is 0 Å². The lowest BCUT2D eigenvalue weighted by molar-refractivity contribution is 0.104. The third kappa shape index (κ3) is 3.24. The van der Waals surface area contributed by atoms with Crippen LogP contribution in [0.15, 0.2) is 65.1 Å². The summed E-state index contributed by atoms with van der Waals surface area (Å²) < 4.78 is 1.37. The fraction of sp³-hybridized carbons (Fsp3) is 0.143. The van der Waals surface area contributed by atoms with E-state index in [0.717, 1.165) is 11.3 Å². The largest absolute Gasteiger partial charge is 0.506 e. The Kier molecular flexibility index (Phi) is 4.63. The number of nitrogens with one attached hydrogen (secondary N) is 1. The summed E-state index contributed by atoms with van der Waals surface area (Å²) >= 11 is 0. The Hall–Kier alpha value is -3.34. The van der Waals surface area contributed by atoms with Crippen molar-refractivity contribution in [1.29, 1.82) is 0 Å². The van der Waals surface area contributed by atoms with Crippen LogP contribution in [0.25, 0.3) is 10.9 Å². The number of ketones is 1. The van der Waals surface area contributed by atoms with E-state index in [1.807, 2.05) is 31.2 Å². The molecule has 0 atom stereocenters. The van der Waals surface area contributed by atoms with Gasteiger partial charge in [-0.05, 0) is 43.7 Å². The maximum atomic E-state index is 12.7. The zero-order chi connectivity index (χ0) is 18.8. The summed E-state index contributed by atoms with van der Waals surface area (Å²) in [5.41, 5.74) is 2.35. The second-order valence-electron chi connectivity index (χ2n) is 6.29. The highest BCUT2D eigenvalue weighted by Crippen LogP contribution is 2.26. The van der Waals surface area contributed by atoms with Gasteiger partial charge in [0.25, 0.3) is 5.56 Å². The molecule has 0 saturated heterocycles. The molecule has 132 valence electrons. The molecule has 0 radical (unpaired) electrons. The molecule has 3 aromatic rings. The second kappa shape index (κ2) is 6.88. The standard InChI is InChI=1S/C21H20N2O3/c1-13-7-6-8-15(11-13)22-14(2)12-18(24)19-20(25)16-9-4-5-10-17(16)23(3)21(19)26/h4-12,22,25H,1-3H3. The first kappa shape index (κ1) is 17.5. The van der Waals surface area contributed by atoms with Crippen molar-refractivity contribution in [2.75, 3.05) is 5.32 Å². The maximum Gasteiger partial charge on any atom is 0.265 e. The minimum absolute atomic E-state index is 0.225. The fourth-order valence-electron chi connectivity index (χ4n) is 2.96. The minimum Gasteiger partial charge on any atom is -0.506 e. The van der Waals surface area contributed by atoms with Crippen molar-refractivity contribution in [1.82, 2.24) is 4.57 Å². The molecule has 2 N–H and O–H groups in total. The van der Waals surface area contributed by atoms with Crippen LogP contribution in [0.4, 0.5) is 5.69 Å². The molecule has 1 aromatic heterocycles. The number of benzene rings is 2. The molecule has 0 saturated carbocycles. The van der Waals surface area contributed by atoms with E-state index in [1.165, 1.54) is 10.6 Å². The number of aromatic hydroxyl groups is 1. The third-order valence-electron chi connectivity index (χ3n) is 4.23. The van der Waals surface area contributed by atoms with Crippen molar-refractivity contribution < 1.29 is 9.90 Å². The van der Waals surface area contributed by atoms with E-state index in [0.29, 0.717) is 16.6 Å². The molecule has 3 rings (SSSR count). The predicted octanol–water partition coefficient (Wildman–Crippen LogP) is 3.75. The Morgan fingerprint density at radius 2 is 1.88 bits per heavy atom. The molecule has 26 heavy (non-hydrogen) atoms. The molecular weight excluding hydrogens is 328 g/mol. The van der Waals surface area contributed by atoms with Gasteiger partial charge in [-0.2, -0.15) is 0 Å². The Labute approximate surface area is 151 Å². The smallest absolute Gasteiger partial charge is 0.265 e. The van der Waals surface area contributed by atoms with E-state index in [2.05, 4.69) is 5.32 Å². The Balaban J connectivity index is 2.01. The van der Waals surface area contributed by atoms with E-state index >= 15 is 0 Å². The van der Waals surface area contributed by atoms with E-state index in [1.54, 1.807) is 38.2 Å². The molecular formula is C21H20N2O3. The van der Waals surface area contributed by atoms with E-state index in [-0.39, 0.29) is 11.3 Å². The Morgan fingerprint density at radius 1 is 1.15 bits per heavy atom. The SMILES string of the molecule is CC(=CC(=O)c1c(O)c2ccccc2n(C)c1=O)Nc1cccc(C)c1. The number of anilines is 1. The van der Waals surface area contributed by atoms with Gasteiger partial charge in [0.2, 0.25) is 0 Å². The molecule has 0 aliphatic rings. The van der Waals surface area contributed by atoms with Gasteiger partial charge in [0.15, 0.2) is 5.78 Å². The molecule has 0 aliphatic carbocycles. The van der Waals surface area contributed by atoms with Crippen molar-refractivity contribution >= 4 is 22.4 Å². The lowest BCUT2D eigenvalue weighted by atomic mass is 10.1. The van der Waals surface area contributed by atoms with Crippen molar-refractivity contribution in [3.05, 3.63) is 81.8 Å². The van der Waals surface area contributed by atoms with Crippen LogP contribution >= 0.6 is 0 Å². The molecule has 0 amide bonds. The molecule has 1 heterocycles. The van der Waals surface area contributed by atoms with Crippen LogP contribution < -0.4 is 10.9 Å². The number of para-hydroxylation sites is 1. The van der Waals surface area contributed by atoms with Crippen molar-refractivity contribution in [2.24, 2.45) is 7.05 Å². The van der Waals surface area contributed by atoms with E-state index in [9.17, 15) is 14.7 Å². The monoisotopic (exact) mass is 348 g/mol. The number of hydrogen-bond acceptors (Lipinski definition) is 4. The average Bonchev–Trinajstić information content (AvgIpc) is 2.60. The van der Waals surface area contributed by atoms with E-state index < -0.39 is 11.3 Å². The number of pyridine rings is 1. The number of carbonyl (C=O) groups excluding carboxylic acids is 1. The summed E-state index contributed by atoms with van der Waals surface area (Å²) in [6, 6.07) is 14.7. The van der Waals surface area contributed by atoms with Crippen molar-refractivity contribution in [2.45, 2.75) is 13.8 Å². The number of aryl methyl sites for hydroxylation is 2. The number of nitrogens with zero attached hydrogens (tertiary/aromatic N) is 1. The highest BCUT2D eigenvalue weighted by Gasteiger charge is 2.19. The van der Waals surface area contributed by atoms with Crippen LogP contribution in [-0.4, -0.2) is 15.5 Å². The van der Waals surface area contributed by atoms with E-state index in [4.69, 9.17) is 0 Å². The first-order valence-corrected chi connectivity index (χ1v) is 8.25. The number of allylic oxidation sites excluding steroid dienone is 2. The summed E-state index contributed by atoms with van der Waals surface area (Å²) in [5.74, 6) is -0.820. The predicted molar refractivity (Wildman–Crippen MR) is 104 cm³/mol. The van der Waals surface area contributed by atoms with Crippen LogP contribution in [0, 0.1) is 6.92 Å². The molecule has 2 aromatic carbocycles. The van der Waals surface area contributed by atoms with Gasteiger partial charge < -0.3 is 15.0 Å². The Bertz CT molecular complexity index is 1090. The zero-order valence-corrected chi connectivity index (χ0v) is 14.9. The first-order chi connectivity index (χ1) is 12.4. The lowest BCUT2D eigenvalue weighted by Crippen LogP contribution is -2.24. The van der Waals surface area contributed by atoms with Crippen LogP contribution in [0.3, 0.4) is 0 Å². The lowest BCUT2D eigenvalue weighted by Gasteiger charge is -2.11. The summed E-state index contributed by atoms with van der Waals surface area (Å²) in [6.07, 6.45) is 1.33. The van der Waals surface area contributed by atoms with Gasteiger partial charge >= 0.3 is 0 Å². The quantitative estimate of drug-likeness (QED) is 0.556. The molecule has 5 heteroatoms. The van der Waals surface area contributed by atoms with Gasteiger partial charge in [0, 0.05) is 29.9 Å². The third-order valence-corrected chi connectivity index (χ3v) is 4.23. The number of rotatable bonds is 4. The number of fused-ring (bicyclic) bond motifs is 1. The highest BCUT2D eigenvalue weighted by atomic mass is 16.3. The van der Waals surface area contributed by atoms with Crippen LogP contribution in [-0.2, 0) is 7.05 Å². The topological polar surface area (TPSA) is 71.3 Å². The summed E-state index contributed by atoms with van der Waals surface area (Å²) in [7, 11) is 1.59. The number of carbonyl (C=O) groups is 1. The van der Waals surface area contributed by atoms with Crippen molar-refractivity contribution in [3.8, 4) is 5.75 Å². The molecule has 0 bridgehead atoms. The van der Waals surface area contributed by atoms with Gasteiger partial charge in [-0.15, -0.1) is 0 Å². The molecule has 5 nitrogen and oxygen atoms in total. The number of hydrogen-bond donors (Lipinski definition) is 2. The fourth-order valence-corrected chi connectivity index (χ4v) is 2.96. The van der Waals surface area contributed by atoms with Crippen molar-refractivity contribution in [3.63, 3.8) is 0 Å². The summed E-state index contributed by atoms with van der Waals surface area (Å²) in [6.45, 7) is 3.72. The highest BCUT2D eigenvalue weighted by molar-refractivity contribution is 6.09. The Morgan fingerprint density at radius 3 is 2.62 bits per heavy atom. The molecule has 0 fully saturated rings. The summed E-state index contributed by atoms with van der Waals surface area (Å²) in [4.78, 5) is 25.2. The van der Waals surface area contributed by atoms with Gasteiger partial charge in [0.1, 0.15) is 11.3 Å². The zero-order valence-electron chi connectivity index (χ0n) is 14.9. The molecule has 0 unspecified atom stereocenters. The summed E-state index contributed by atoms with van der Waals surface area (Å²) in [5, 5.41) is 14.1. The first-order valence-electron chi connectivity index (χ1n) is 8.25. The van der Waals surface area contributed by atoms with Gasteiger partial charge in [0.05, 0.1) is 5.52 Å². The van der Waals surface area contributed by atoms with Crippen LogP contribution in [0.5, 0.6) is 5.75 Å². The number of aromatic nitrogens is 1. The average molecular weight is 348 g/mol. The molecule has 0 spiro atoms. The molecule has 0 aliphatic heterocycles. The second-order valence-corrected chi connectivity index (χ2v) is 6.29. The van der Waals surface area contributed by atoms with Crippen LogP contribution in [0.1, 0.15) is 22.8 Å². The maximum absolute atomic E-state index is 12.7. The van der Waals surface area contributed by atoms with Gasteiger partial charge in [-0.3, -0.25) is 9.59 Å². The normalized spacial score (nSPS) is 11.6. The minimum atomic E-state index is -0.536.